The van der Waals surface area contributed by atoms with Gasteiger partial charge < -0.3 is 19.1 Å². The van der Waals surface area contributed by atoms with Crippen molar-refractivity contribution in [2.75, 3.05) is 0 Å². The number of nitriles is 1. The van der Waals surface area contributed by atoms with Crippen molar-refractivity contribution >= 4 is 17.0 Å². The number of carbonyl (C=O) groups is 1. The maximum atomic E-state index is 15.6. The lowest BCUT2D eigenvalue weighted by molar-refractivity contribution is 0.000840. The zero-order valence-electron chi connectivity index (χ0n) is 24.0. The third-order valence-electron chi connectivity index (χ3n) is 8.63. The Hall–Kier alpha value is -5.21. The van der Waals surface area contributed by atoms with Gasteiger partial charge in [-0.15, -0.1) is 0 Å². The fraction of sp³-hybridized carbons (Fsp3) is 0.265. The van der Waals surface area contributed by atoms with Crippen molar-refractivity contribution in [2.24, 2.45) is 0 Å². The molecule has 0 amide bonds. The summed E-state index contributed by atoms with van der Waals surface area (Å²) in [7, 11) is 0. The predicted octanol–water partition coefficient (Wildman–Crippen LogP) is 6.22. The lowest BCUT2D eigenvalue weighted by atomic mass is 9.88. The molecule has 2 aliphatic rings. The van der Waals surface area contributed by atoms with Gasteiger partial charge in [0.2, 0.25) is 0 Å². The van der Waals surface area contributed by atoms with Gasteiger partial charge in [0.25, 0.3) is 0 Å². The van der Waals surface area contributed by atoms with E-state index in [1.807, 2.05) is 10.6 Å². The molecule has 3 aromatic carbocycles. The number of aromatic carboxylic acids is 1. The molecule has 2 aromatic heterocycles. The second-order valence-electron chi connectivity index (χ2n) is 11.5. The first-order valence-electron chi connectivity index (χ1n) is 14.6. The Labute approximate surface area is 256 Å². The van der Waals surface area contributed by atoms with Gasteiger partial charge in [0.1, 0.15) is 24.1 Å². The van der Waals surface area contributed by atoms with Crippen molar-refractivity contribution < 1.29 is 28.2 Å². The van der Waals surface area contributed by atoms with Crippen molar-refractivity contribution in [3.8, 4) is 23.3 Å². The van der Waals surface area contributed by atoms with Crippen molar-refractivity contribution in [2.45, 2.75) is 57.0 Å². The Morgan fingerprint density at radius 3 is 2.62 bits per heavy atom. The highest BCUT2D eigenvalue weighted by Gasteiger charge is 2.46. The largest absolute Gasteiger partial charge is 0.478 e. The quantitative estimate of drug-likeness (QED) is 0.209. The summed E-state index contributed by atoms with van der Waals surface area (Å²) < 4.78 is 43.7. The second kappa shape index (κ2) is 11.4. The molecule has 2 bridgehead atoms. The van der Waals surface area contributed by atoms with Crippen molar-refractivity contribution in [3.05, 3.63) is 107 Å². The molecule has 4 heterocycles. The number of halogens is 2. The molecule has 0 saturated carbocycles. The molecule has 9 nitrogen and oxygen atoms in total. The van der Waals surface area contributed by atoms with E-state index < -0.39 is 17.6 Å². The minimum Gasteiger partial charge on any atom is -0.478 e. The molecule has 5 aromatic rings. The summed E-state index contributed by atoms with van der Waals surface area (Å²) in [5.74, 6) is -1.39. The Morgan fingerprint density at radius 1 is 1.07 bits per heavy atom. The number of carboxylic acid groups (broad SMARTS) is 1. The normalized spacial score (nSPS) is 18.7. The molecule has 1 N–H and O–H groups in total. The van der Waals surface area contributed by atoms with E-state index in [2.05, 4.69) is 9.97 Å². The Balaban J connectivity index is 1.14. The molecule has 2 aliphatic heterocycles. The molecule has 2 saturated heterocycles. The number of hydrogen-bond donors (Lipinski definition) is 1. The number of rotatable bonds is 9. The summed E-state index contributed by atoms with van der Waals surface area (Å²) in [6.07, 6.45) is 5.92. The van der Waals surface area contributed by atoms with Crippen molar-refractivity contribution in [3.63, 3.8) is 0 Å². The summed E-state index contributed by atoms with van der Waals surface area (Å²) in [5, 5.41) is 18.5. The molecule has 226 valence electrons. The van der Waals surface area contributed by atoms with Crippen molar-refractivity contribution in [1.82, 2.24) is 19.5 Å². The van der Waals surface area contributed by atoms with E-state index in [9.17, 15) is 14.3 Å². The van der Waals surface area contributed by atoms with Crippen LogP contribution in [0.3, 0.4) is 0 Å². The fourth-order valence-electron chi connectivity index (χ4n) is 6.30. The lowest BCUT2D eigenvalue weighted by Crippen LogP contribution is -2.31. The fourth-order valence-corrected chi connectivity index (χ4v) is 6.30. The molecule has 11 heteroatoms. The van der Waals surface area contributed by atoms with Crippen LogP contribution in [0.1, 0.15) is 58.6 Å². The van der Waals surface area contributed by atoms with E-state index in [1.54, 1.807) is 30.3 Å². The highest BCUT2D eigenvalue weighted by molar-refractivity contribution is 5.92. The zero-order valence-corrected chi connectivity index (χ0v) is 24.0. The molecule has 0 radical (unpaired) electrons. The number of fused-ring (bicyclic) bond motifs is 3. The Bertz CT molecular complexity index is 2000. The van der Waals surface area contributed by atoms with Gasteiger partial charge in [-0.05, 0) is 79.8 Å². The summed E-state index contributed by atoms with van der Waals surface area (Å²) in [6.45, 7) is 0.388. The van der Waals surface area contributed by atoms with Crippen LogP contribution in [0.25, 0.3) is 22.3 Å². The number of ether oxygens (including phenoxy) is 2. The van der Waals surface area contributed by atoms with Crippen LogP contribution in [0.2, 0.25) is 0 Å². The summed E-state index contributed by atoms with van der Waals surface area (Å²) in [5.41, 5.74) is 2.91. The first-order chi connectivity index (χ1) is 21.8. The third-order valence-corrected chi connectivity index (χ3v) is 8.63. The van der Waals surface area contributed by atoms with Gasteiger partial charge >= 0.3 is 12.0 Å². The standard InChI is InChI=1S/C34H27F2N5O4/c35-26-14-21(17-37)1-3-23(26)18-44-33-38-12-9-28(40-33)25-5-2-20(13-27(25)36)15-31-39-29-6-4-22(32(42)43)16-30(29)41(31)19-34-10-7-24(45-34)8-11-34/h1-6,9,12-14,16,24H,7-8,10-11,15,18-19H2,(H,42,43). The first-order valence-corrected chi connectivity index (χ1v) is 14.6. The van der Waals surface area contributed by atoms with Crippen LogP contribution in [0, 0.1) is 23.0 Å². The van der Waals surface area contributed by atoms with Crippen LogP contribution in [-0.2, 0) is 24.3 Å². The maximum Gasteiger partial charge on any atom is 0.335 e. The number of aromatic nitrogens is 4. The average Bonchev–Trinajstić information content (AvgIpc) is 3.74. The Morgan fingerprint density at radius 2 is 1.91 bits per heavy atom. The average molecular weight is 608 g/mol. The van der Waals surface area contributed by atoms with Gasteiger partial charge in [-0.2, -0.15) is 10.2 Å². The van der Waals surface area contributed by atoms with Gasteiger partial charge in [0, 0.05) is 23.7 Å². The van der Waals surface area contributed by atoms with Gasteiger partial charge in [0.05, 0.1) is 52.2 Å². The van der Waals surface area contributed by atoms with E-state index in [0.717, 1.165) is 31.7 Å². The highest BCUT2D eigenvalue weighted by atomic mass is 19.1. The van der Waals surface area contributed by atoms with E-state index in [4.69, 9.17) is 19.7 Å². The number of nitrogens with zero attached hydrogens (tertiary/aromatic N) is 5. The molecule has 0 aliphatic carbocycles. The van der Waals surface area contributed by atoms with Crippen molar-refractivity contribution in [1.29, 1.82) is 5.26 Å². The van der Waals surface area contributed by atoms with Crippen LogP contribution in [0.5, 0.6) is 6.01 Å². The minimum atomic E-state index is -1.01. The molecule has 0 unspecified atom stereocenters. The van der Waals surface area contributed by atoms with Gasteiger partial charge in [-0.25, -0.2) is 23.5 Å². The zero-order chi connectivity index (χ0) is 31.1. The van der Waals surface area contributed by atoms with Gasteiger partial charge in [-0.3, -0.25) is 0 Å². The molecule has 0 atom stereocenters. The van der Waals surface area contributed by atoms with Crippen LogP contribution in [0.4, 0.5) is 8.78 Å². The van der Waals surface area contributed by atoms with Crippen LogP contribution in [-0.4, -0.2) is 42.3 Å². The lowest BCUT2D eigenvalue weighted by Gasteiger charge is -2.26. The smallest absolute Gasteiger partial charge is 0.335 e. The third kappa shape index (κ3) is 5.60. The van der Waals surface area contributed by atoms with E-state index in [1.165, 1.54) is 30.5 Å². The van der Waals surface area contributed by atoms with Crippen LogP contribution in [0.15, 0.2) is 66.9 Å². The van der Waals surface area contributed by atoms with E-state index in [-0.39, 0.29) is 46.6 Å². The van der Waals surface area contributed by atoms with Gasteiger partial charge in [0.15, 0.2) is 0 Å². The topological polar surface area (TPSA) is 123 Å². The minimum absolute atomic E-state index is 0.0446. The molecular weight excluding hydrogens is 580 g/mol. The SMILES string of the molecule is N#Cc1ccc(COc2nccc(-c3ccc(Cc4nc5ccc(C(=O)O)cc5n4CC45CCC(CC4)O5)cc3F)n2)c(F)c1. The van der Waals surface area contributed by atoms with E-state index >= 15 is 4.39 Å². The molecule has 7 rings (SSSR count). The maximum absolute atomic E-state index is 15.6. The number of hydrogen-bond acceptors (Lipinski definition) is 7. The molecule has 0 spiro atoms. The predicted molar refractivity (Wildman–Crippen MR) is 158 cm³/mol. The molecule has 2 fully saturated rings. The summed E-state index contributed by atoms with van der Waals surface area (Å²) >= 11 is 0. The van der Waals surface area contributed by atoms with Crippen LogP contribution < -0.4 is 4.74 Å². The number of benzene rings is 3. The Kier molecular flexibility index (Phi) is 7.22. The van der Waals surface area contributed by atoms with Crippen LogP contribution >= 0.6 is 0 Å². The van der Waals surface area contributed by atoms with E-state index in [0.29, 0.717) is 41.1 Å². The van der Waals surface area contributed by atoms with Gasteiger partial charge in [-0.1, -0.05) is 12.1 Å². The molecule has 45 heavy (non-hydrogen) atoms. The summed E-state index contributed by atoms with van der Waals surface area (Å²) in [4.78, 5) is 24.9. The number of imidazole rings is 1. The monoisotopic (exact) mass is 607 g/mol. The summed E-state index contributed by atoms with van der Waals surface area (Å²) in [6, 6.07) is 17.2. The first kappa shape index (κ1) is 28.6. The second-order valence-corrected chi connectivity index (χ2v) is 11.5. The molecular formula is C34H27F2N5O4. The highest BCUT2D eigenvalue weighted by Crippen LogP contribution is 2.45. The number of carboxylic acids is 1.